The van der Waals surface area contributed by atoms with E-state index < -0.39 is 0 Å². The summed E-state index contributed by atoms with van der Waals surface area (Å²) in [4.78, 5) is 11.7. The molecule has 1 N–H and O–H groups in total. The molecule has 110 valence electrons. The molecule has 0 spiro atoms. The van der Waals surface area contributed by atoms with Gasteiger partial charge in [-0.2, -0.15) is 0 Å². The second kappa shape index (κ2) is 7.94. The van der Waals surface area contributed by atoms with E-state index in [-0.39, 0.29) is 11.9 Å². The van der Waals surface area contributed by atoms with Gasteiger partial charge in [0.2, 0.25) is 5.91 Å². The molecule has 0 aliphatic heterocycles. The van der Waals surface area contributed by atoms with Crippen molar-refractivity contribution >= 4 is 27.9 Å². The van der Waals surface area contributed by atoms with E-state index in [1.807, 2.05) is 26.0 Å². The van der Waals surface area contributed by atoms with Crippen molar-refractivity contribution < 1.29 is 14.3 Å². The molecule has 0 saturated heterocycles. The quantitative estimate of drug-likeness (QED) is 0.806. The molecule has 0 bridgehead atoms. The molecule has 0 aromatic heterocycles. The van der Waals surface area contributed by atoms with E-state index in [1.165, 1.54) is 6.08 Å². The number of carbonyl (C=O) groups is 1. The van der Waals surface area contributed by atoms with Crippen LogP contribution >= 0.6 is 15.9 Å². The molecule has 0 fully saturated rings. The van der Waals surface area contributed by atoms with Crippen molar-refractivity contribution in [2.45, 2.75) is 26.3 Å². The van der Waals surface area contributed by atoms with Gasteiger partial charge in [0.1, 0.15) is 0 Å². The molecular weight excluding hydrogens is 322 g/mol. The van der Waals surface area contributed by atoms with Gasteiger partial charge in [-0.1, -0.05) is 6.92 Å². The van der Waals surface area contributed by atoms with Crippen molar-refractivity contribution in [1.29, 1.82) is 0 Å². The van der Waals surface area contributed by atoms with Gasteiger partial charge in [0, 0.05) is 12.1 Å². The van der Waals surface area contributed by atoms with E-state index in [1.54, 1.807) is 20.3 Å². The first-order chi connectivity index (χ1) is 9.51. The Bertz CT molecular complexity index is 500. The number of hydrogen-bond acceptors (Lipinski definition) is 3. The molecule has 0 radical (unpaired) electrons. The first-order valence-electron chi connectivity index (χ1n) is 6.41. The van der Waals surface area contributed by atoms with Crippen molar-refractivity contribution in [2.75, 3.05) is 14.2 Å². The summed E-state index contributed by atoms with van der Waals surface area (Å²) in [5.41, 5.74) is 0.855. The van der Waals surface area contributed by atoms with Crippen molar-refractivity contribution in [2.24, 2.45) is 0 Å². The molecule has 0 heterocycles. The molecule has 4 nitrogen and oxygen atoms in total. The summed E-state index contributed by atoms with van der Waals surface area (Å²) in [5.74, 6) is 1.14. The molecule has 1 aromatic carbocycles. The van der Waals surface area contributed by atoms with Crippen LogP contribution < -0.4 is 14.8 Å². The number of rotatable bonds is 6. The van der Waals surface area contributed by atoms with Crippen molar-refractivity contribution in [1.82, 2.24) is 5.32 Å². The third-order valence-electron chi connectivity index (χ3n) is 2.88. The molecule has 0 aliphatic rings. The van der Waals surface area contributed by atoms with Crippen LogP contribution in [-0.2, 0) is 4.79 Å². The maximum Gasteiger partial charge on any atom is 0.244 e. The molecule has 1 atom stereocenters. The Kier molecular flexibility index (Phi) is 6.58. The first-order valence-corrected chi connectivity index (χ1v) is 7.21. The number of amides is 1. The highest BCUT2D eigenvalue weighted by atomic mass is 79.9. The second-order valence-electron chi connectivity index (χ2n) is 4.39. The van der Waals surface area contributed by atoms with Crippen LogP contribution in [-0.4, -0.2) is 26.2 Å². The lowest BCUT2D eigenvalue weighted by Crippen LogP contribution is -2.30. The smallest absolute Gasteiger partial charge is 0.244 e. The topological polar surface area (TPSA) is 47.6 Å². The van der Waals surface area contributed by atoms with Crippen LogP contribution in [0.4, 0.5) is 0 Å². The monoisotopic (exact) mass is 341 g/mol. The summed E-state index contributed by atoms with van der Waals surface area (Å²) in [6.07, 6.45) is 4.16. The lowest BCUT2D eigenvalue weighted by molar-refractivity contribution is -0.117. The van der Waals surface area contributed by atoms with Gasteiger partial charge in [0.15, 0.2) is 11.5 Å². The number of hydrogen-bond donors (Lipinski definition) is 1. The fourth-order valence-corrected chi connectivity index (χ4v) is 2.22. The van der Waals surface area contributed by atoms with Gasteiger partial charge in [-0.3, -0.25) is 4.79 Å². The molecule has 1 rings (SSSR count). The molecule has 5 heteroatoms. The predicted molar refractivity (Wildman–Crippen MR) is 84.2 cm³/mol. The number of halogens is 1. The summed E-state index contributed by atoms with van der Waals surface area (Å²) >= 11 is 3.42. The summed E-state index contributed by atoms with van der Waals surface area (Å²) in [5, 5.41) is 2.87. The molecule has 1 unspecified atom stereocenters. The van der Waals surface area contributed by atoms with Crippen LogP contribution in [0.2, 0.25) is 0 Å². The molecule has 1 aromatic rings. The van der Waals surface area contributed by atoms with Gasteiger partial charge >= 0.3 is 0 Å². The summed E-state index contributed by atoms with van der Waals surface area (Å²) in [7, 11) is 3.16. The third-order valence-corrected chi connectivity index (χ3v) is 3.47. The average molecular weight is 342 g/mol. The number of ether oxygens (including phenoxy) is 2. The minimum Gasteiger partial charge on any atom is -0.493 e. The van der Waals surface area contributed by atoms with Crippen LogP contribution in [0.15, 0.2) is 22.7 Å². The molecule has 0 aliphatic carbocycles. The van der Waals surface area contributed by atoms with E-state index in [4.69, 9.17) is 9.47 Å². The van der Waals surface area contributed by atoms with E-state index in [2.05, 4.69) is 21.2 Å². The number of nitrogens with one attached hydrogen (secondary N) is 1. The fourth-order valence-electron chi connectivity index (χ4n) is 1.60. The Balaban J connectivity index is 2.88. The van der Waals surface area contributed by atoms with Crippen LogP contribution in [0.5, 0.6) is 11.5 Å². The van der Waals surface area contributed by atoms with Gasteiger partial charge < -0.3 is 14.8 Å². The molecular formula is C15H20BrNO3. The SMILES string of the molecule is CCC(C)NC(=O)/C=C/c1cc(Br)c(OC)c(OC)c1. The minimum absolute atomic E-state index is 0.106. The predicted octanol–water partition coefficient (Wildman–Crippen LogP) is 3.39. The minimum atomic E-state index is -0.106. The summed E-state index contributed by atoms with van der Waals surface area (Å²) < 4.78 is 11.3. The van der Waals surface area contributed by atoms with Crippen LogP contribution in [0.3, 0.4) is 0 Å². The normalized spacial score (nSPS) is 12.2. The standard InChI is InChI=1S/C15H20BrNO3/c1-5-10(2)17-14(18)7-6-11-8-12(16)15(20-4)13(9-11)19-3/h6-10H,5H2,1-4H3,(H,17,18)/b7-6+. The van der Waals surface area contributed by atoms with Gasteiger partial charge in [-0.15, -0.1) is 0 Å². The van der Waals surface area contributed by atoms with E-state index in [0.29, 0.717) is 11.5 Å². The first kappa shape index (κ1) is 16.6. The van der Waals surface area contributed by atoms with Crippen LogP contribution in [0, 0.1) is 0 Å². The maximum absolute atomic E-state index is 11.7. The van der Waals surface area contributed by atoms with Crippen LogP contribution in [0.25, 0.3) is 6.08 Å². The largest absolute Gasteiger partial charge is 0.493 e. The Morgan fingerprint density at radius 2 is 2.10 bits per heavy atom. The molecule has 0 saturated carbocycles. The highest BCUT2D eigenvalue weighted by molar-refractivity contribution is 9.10. The Labute approximate surface area is 128 Å². The Hall–Kier alpha value is -1.49. The van der Waals surface area contributed by atoms with Gasteiger partial charge in [0.05, 0.1) is 18.7 Å². The van der Waals surface area contributed by atoms with Gasteiger partial charge in [-0.05, 0) is 53.0 Å². The lowest BCUT2D eigenvalue weighted by Gasteiger charge is -2.11. The Morgan fingerprint density at radius 3 is 2.65 bits per heavy atom. The van der Waals surface area contributed by atoms with Crippen LogP contribution in [0.1, 0.15) is 25.8 Å². The fraction of sp³-hybridized carbons (Fsp3) is 0.400. The number of carbonyl (C=O) groups excluding carboxylic acids is 1. The van der Waals surface area contributed by atoms with E-state index >= 15 is 0 Å². The zero-order valence-electron chi connectivity index (χ0n) is 12.2. The van der Waals surface area contributed by atoms with E-state index in [9.17, 15) is 4.79 Å². The highest BCUT2D eigenvalue weighted by Crippen LogP contribution is 2.36. The lowest BCUT2D eigenvalue weighted by atomic mass is 10.2. The second-order valence-corrected chi connectivity index (χ2v) is 5.24. The Morgan fingerprint density at radius 1 is 1.40 bits per heavy atom. The number of benzene rings is 1. The van der Waals surface area contributed by atoms with Crippen molar-refractivity contribution in [3.8, 4) is 11.5 Å². The zero-order valence-corrected chi connectivity index (χ0v) is 13.8. The molecule has 20 heavy (non-hydrogen) atoms. The zero-order chi connectivity index (χ0) is 15.1. The average Bonchev–Trinajstić information content (AvgIpc) is 2.44. The van der Waals surface area contributed by atoms with E-state index in [0.717, 1.165) is 16.5 Å². The summed E-state index contributed by atoms with van der Waals surface area (Å²) in [6.45, 7) is 4.00. The highest BCUT2D eigenvalue weighted by Gasteiger charge is 2.09. The van der Waals surface area contributed by atoms with Crippen molar-refractivity contribution in [3.63, 3.8) is 0 Å². The maximum atomic E-state index is 11.7. The van der Waals surface area contributed by atoms with Crippen molar-refractivity contribution in [3.05, 3.63) is 28.2 Å². The third kappa shape index (κ3) is 4.56. The van der Waals surface area contributed by atoms with Gasteiger partial charge in [-0.25, -0.2) is 0 Å². The number of methoxy groups -OCH3 is 2. The summed E-state index contributed by atoms with van der Waals surface area (Å²) in [6, 6.07) is 3.86. The van der Waals surface area contributed by atoms with Gasteiger partial charge in [0.25, 0.3) is 0 Å². The molecule has 1 amide bonds.